The van der Waals surface area contributed by atoms with Crippen LogP contribution in [-0.4, -0.2) is 22.2 Å². The Labute approximate surface area is 82.8 Å². The van der Waals surface area contributed by atoms with Gasteiger partial charge >= 0.3 is 0 Å². The maximum atomic E-state index is 9.43. The first-order valence-electron chi connectivity index (χ1n) is 4.32. The second-order valence-corrected chi connectivity index (χ2v) is 5.08. The third-order valence-electron chi connectivity index (χ3n) is 1.53. The quantitative estimate of drug-likeness (QED) is 0.770. The van der Waals surface area contributed by atoms with Crippen molar-refractivity contribution >= 4 is 11.3 Å². The van der Waals surface area contributed by atoms with Gasteiger partial charge in [0.1, 0.15) is 0 Å². The summed E-state index contributed by atoms with van der Waals surface area (Å²) in [5.74, 6) is 0. The predicted molar refractivity (Wildman–Crippen MR) is 54.9 cm³/mol. The summed E-state index contributed by atoms with van der Waals surface area (Å²) in [7, 11) is 0. The number of rotatable bonds is 4. The molecule has 0 aliphatic rings. The summed E-state index contributed by atoms with van der Waals surface area (Å²) in [4.78, 5) is 5.36. The number of hydrogen-bond donors (Lipinski definition) is 2. The van der Waals surface area contributed by atoms with Crippen molar-refractivity contribution in [2.45, 2.75) is 32.9 Å². The van der Waals surface area contributed by atoms with Gasteiger partial charge in [-0.3, -0.25) is 0 Å². The largest absolute Gasteiger partial charge is 0.389 e. The van der Waals surface area contributed by atoms with Crippen LogP contribution in [0.5, 0.6) is 0 Å². The molecule has 2 N–H and O–H groups in total. The SMILES string of the molecule is Cc1ncc(CNCC(C)(C)O)s1. The van der Waals surface area contributed by atoms with E-state index in [-0.39, 0.29) is 0 Å². The van der Waals surface area contributed by atoms with Crippen molar-refractivity contribution in [2.24, 2.45) is 0 Å². The van der Waals surface area contributed by atoms with E-state index in [1.807, 2.05) is 13.1 Å². The fourth-order valence-corrected chi connectivity index (χ4v) is 1.74. The van der Waals surface area contributed by atoms with Crippen LogP contribution in [0.25, 0.3) is 0 Å². The molecule has 0 fully saturated rings. The standard InChI is InChI=1S/C9H16N2OS/c1-7-11-5-8(13-7)4-10-6-9(2,3)12/h5,10,12H,4,6H2,1-3H3. The highest BCUT2D eigenvalue weighted by molar-refractivity contribution is 7.11. The van der Waals surface area contributed by atoms with Gasteiger partial charge in [-0.2, -0.15) is 0 Å². The number of thiazole rings is 1. The highest BCUT2D eigenvalue weighted by Gasteiger charge is 2.11. The van der Waals surface area contributed by atoms with Crippen molar-refractivity contribution in [3.05, 3.63) is 16.1 Å². The number of aliphatic hydroxyl groups is 1. The Morgan fingerprint density at radius 2 is 2.31 bits per heavy atom. The fourth-order valence-electron chi connectivity index (χ4n) is 0.979. The zero-order chi connectivity index (χ0) is 9.90. The van der Waals surface area contributed by atoms with E-state index in [9.17, 15) is 5.11 Å². The van der Waals surface area contributed by atoms with Gasteiger partial charge < -0.3 is 10.4 Å². The van der Waals surface area contributed by atoms with Crippen LogP contribution in [0, 0.1) is 6.92 Å². The summed E-state index contributed by atoms with van der Waals surface area (Å²) < 4.78 is 0. The zero-order valence-corrected chi connectivity index (χ0v) is 9.11. The van der Waals surface area contributed by atoms with Crippen LogP contribution in [0.15, 0.2) is 6.20 Å². The predicted octanol–water partition coefficient (Wildman–Crippen LogP) is 1.31. The molecule has 0 atom stereocenters. The molecule has 0 aromatic carbocycles. The minimum Gasteiger partial charge on any atom is -0.389 e. The number of hydrogen-bond acceptors (Lipinski definition) is 4. The summed E-state index contributed by atoms with van der Waals surface area (Å²) in [6.45, 7) is 6.96. The third-order valence-corrected chi connectivity index (χ3v) is 2.44. The Bertz CT molecular complexity index is 265. The van der Waals surface area contributed by atoms with E-state index < -0.39 is 5.60 Å². The second kappa shape index (κ2) is 4.17. The summed E-state index contributed by atoms with van der Waals surface area (Å²) in [6, 6.07) is 0. The van der Waals surface area contributed by atoms with Gasteiger partial charge in [-0.15, -0.1) is 11.3 Å². The lowest BCUT2D eigenvalue weighted by Crippen LogP contribution is -2.34. The smallest absolute Gasteiger partial charge is 0.0897 e. The molecule has 74 valence electrons. The van der Waals surface area contributed by atoms with E-state index in [1.165, 1.54) is 4.88 Å². The molecule has 0 saturated heterocycles. The molecular formula is C9H16N2OS. The Morgan fingerprint density at radius 1 is 1.62 bits per heavy atom. The van der Waals surface area contributed by atoms with Crippen LogP contribution in [-0.2, 0) is 6.54 Å². The summed E-state index contributed by atoms with van der Waals surface area (Å²) in [5, 5.41) is 13.7. The van der Waals surface area contributed by atoms with Gasteiger partial charge in [0, 0.05) is 24.2 Å². The maximum Gasteiger partial charge on any atom is 0.0897 e. The highest BCUT2D eigenvalue weighted by Crippen LogP contribution is 2.10. The minimum atomic E-state index is -0.639. The molecule has 3 nitrogen and oxygen atoms in total. The number of nitrogens with one attached hydrogen (secondary N) is 1. The highest BCUT2D eigenvalue weighted by atomic mass is 32.1. The van der Waals surface area contributed by atoms with E-state index in [0.29, 0.717) is 6.54 Å². The molecule has 0 aliphatic carbocycles. The molecule has 1 aromatic heterocycles. The van der Waals surface area contributed by atoms with Crippen LogP contribution < -0.4 is 5.32 Å². The summed E-state index contributed by atoms with van der Waals surface area (Å²) in [6.07, 6.45) is 1.87. The zero-order valence-electron chi connectivity index (χ0n) is 8.29. The van der Waals surface area contributed by atoms with Crippen LogP contribution in [0.4, 0.5) is 0 Å². The molecule has 4 heteroatoms. The first kappa shape index (κ1) is 10.6. The normalized spacial score (nSPS) is 12.0. The lowest BCUT2D eigenvalue weighted by molar-refractivity contribution is 0.0796. The molecule has 0 spiro atoms. The van der Waals surface area contributed by atoms with Crippen LogP contribution in [0.1, 0.15) is 23.7 Å². The first-order valence-corrected chi connectivity index (χ1v) is 5.13. The van der Waals surface area contributed by atoms with Crippen LogP contribution >= 0.6 is 11.3 Å². The molecule has 13 heavy (non-hydrogen) atoms. The van der Waals surface area contributed by atoms with Gasteiger partial charge in [0.25, 0.3) is 0 Å². The molecule has 0 radical (unpaired) electrons. The van der Waals surface area contributed by atoms with Crippen molar-refractivity contribution in [3.63, 3.8) is 0 Å². The minimum absolute atomic E-state index is 0.601. The molecule has 1 aromatic rings. The van der Waals surface area contributed by atoms with Crippen LogP contribution in [0.2, 0.25) is 0 Å². The van der Waals surface area contributed by atoms with Crippen molar-refractivity contribution in [1.82, 2.24) is 10.3 Å². The molecule has 0 saturated carbocycles. The van der Waals surface area contributed by atoms with Crippen molar-refractivity contribution in [2.75, 3.05) is 6.54 Å². The Morgan fingerprint density at radius 3 is 2.77 bits per heavy atom. The molecule has 0 aliphatic heterocycles. The monoisotopic (exact) mass is 200 g/mol. The Balaban J connectivity index is 2.28. The van der Waals surface area contributed by atoms with Crippen molar-refractivity contribution in [1.29, 1.82) is 0 Å². The molecule has 0 unspecified atom stereocenters. The molecule has 0 amide bonds. The molecule has 1 rings (SSSR count). The van der Waals surface area contributed by atoms with E-state index in [2.05, 4.69) is 10.3 Å². The number of aromatic nitrogens is 1. The lowest BCUT2D eigenvalue weighted by Gasteiger charge is -2.16. The first-order chi connectivity index (χ1) is 5.97. The van der Waals surface area contributed by atoms with Gasteiger partial charge in [-0.25, -0.2) is 4.98 Å². The Hall–Kier alpha value is -0.450. The van der Waals surface area contributed by atoms with Crippen molar-refractivity contribution < 1.29 is 5.11 Å². The van der Waals surface area contributed by atoms with E-state index >= 15 is 0 Å². The second-order valence-electron chi connectivity index (χ2n) is 3.76. The van der Waals surface area contributed by atoms with E-state index in [0.717, 1.165) is 11.6 Å². The average Bonchev–Trinajstić information content (AvgIpc) is 2.33. The average molecular weight is 200 g/mol. The number of nitrogens with zero attached hydrogens (tertiary/aromatic N) is 1. The van der Waals surface area contributed by atoms with Gasteiger partial charge in [0.15, 0.2) is 0 Å². The topological polar surface area (TPSA) is 45.2 Å². The van der Waals surface area contributed by atoms with Crippen molar-refractivity contribution in [3.8, 4) is 0 Å². The summed E-state index contributed by atoms with van der Waals surface area (Å²) >= 11 is 1.68. The maximum absolute atomic E-state index is 9.43. The van der Waals surface area contributed by atoms with Gasteiger partial charge in [-0.1, -0.05) is 0 Å². The van der Waals surface area contributed by atoms with E-state index in [4.69, 9.17) is 0 Å². The lowest BCUT2D eigenvalue weighted by atomic mass is 10.1. The molecular weight excluding hydrogens is 184 g/mol. The molecule has 0 bridgehead atoms. The van der Waals surface area contributed by atoms with Gasteiger partial charge in [0.05, 0.1) is 10.6 Å². The van der Waals surface area contributed by atoms with Gasteiger partial charge in [-0.05, 0) is 20.8 Å². The van der Waals surface area contributed by atoms with E-state index in [1.54, 1.807) is 25.2 Å². The fraction of sp³-hybridized carbons (Fsp3) is 0.667. The van der Waals surface area contributed by atoms with Crippen LogP contribution in [0.3, 0.4) is 0 Å². The Kier molecular flexibility index (Phi) is 3.41. The third kappa shape index (κ3) is 4.36. The summed E-state index contributed by atoms with van der Waals surface area (Å²) in [5.41, 5.74) is -0.639. The number of aryl methyl sites for hydroxylation is 1. The molecule has 1 heterocycles. The van der Waals surface area contributed by atoms with Gasteiger partial charge in [0.2, 0.25) is 0 Å².